The highest BCUT2D eigenvalue weighted by Crippen LogP contribution is 2.35. The highest BCUT2D eigenvalue weighted by Gasteiger charge is 2.20. The zero-order valence-corrected chi connectivity index (χ0v) is 26.7. The van der Waals surface area contributed by atoms with Crippen molar-refractivity contribution in [2.45, 2.75) is 71.4 Å². The fraction of sp³-hybridized carbons (Fsp3) is 0.429. The fourth-order valence-corrected chi connectivity index (χ4v) is 5.17. The summed E-state index contributed by atoms with van der Waals surface area (Å²) in [7, 11) is 1.48. The van der Waals surface area contributed by atoms with Crippen LogP contribution in [0.25, 0.3) is 0 Å². The van der Waals surface area contributed by atoms with Crippen LogP contribution < -0.4 is 30.2 Å². The molecule has 1 saturated heterocycles. The van der Waals surface area contributed by atoms with Crippen molar-refractivity contribution in [2.75, 3.05) is 37.4 Å². The molecule has 1 fully saturated rings. The molecule has 1 aliphatic heterocycles. The fourth-order valence-electron chi connectivity index (χ4n) is 5.17. The predicted octanol–water partition coefficient (Wildman–Crippen LogP) is 7.83. The minimum absolute atomic E-state index is 0.0255. The van der Waals surface area contributed by atoms with E-state index in [1.807, 2.05) is 13.8 Å². The quantitative estimate of drug-likeness (QED) is 0.170. The van der Waals surface area contributed by atoms with Gasteiger partial charge in [-0.25, -0.2) is 9.18 Å². The molecule has 0 bridgehead atoms. The Kier molecular flexibility index (Phi) is 12.4. The molecule has 9 nitrogen and oxygen atoms in total. The molecule has 45 heavy (non-hydrogen) atoms. The summed E-state index contributed by atoms with van der Waals surface area (Å²) in [6.45, 7) is 9.46. The summed E-state index contributed by atoms with van der Waals surface area (Å²) in [6, 6.07) is 15.8. The monoisotopic (exact) mass is 620 g/mol. The topological polar surface area (TPSA) is 101 Å². The number of piperidine rings is 1. The molecule has 3 N–H and O–H groups in total. The zero-order valence-electron chi connectivity index (χ0n) is 26.7. The van der Waals surface area contributed by atoms with Crippen molar-refractivity contribution in [3.05, 3.63) is 72.0 Å². The van der Waals surface area contributed by atoms with E-state index in [-0.39, 0.29) is 29.6 Å². The Morgan fingerprint density at radius 3 is 2.27 bits per heavy atom. The number of methoxy groups -OCH3 is 1. The Labute approximate surface area is 265 Å². The molecule has 10 heteroatoms. The lowest BCUT2D eigenvalue weighted by molar-refractivity contribution is 0.0996. The molecular formula is C35H45FN4O5. The van der Waals surface area contributed by atoms with Crippen molar-refractivity contribution in [1.82, 2.24) is 10.2 Å². The second kappa shape index (κ2) is 16.7. The molecule has 1 heterocycles. The number of ether oxygens (including phenoxy) is 3. The molecule has 1 aliphatic rings. The minimum atomic E-state index is -0.651. The van der Waals surface area contributed by atoms with Gasteiger partial charge in [-0.15, -0.1) is 0 Å². The summed E-state index contributed by atoms with van der Waals surface area (Å²) in [5.74, 6) is 0.545. The number of halogens is 1. The van der Waals surface area contributed by atoms with Crippen LogP contribution in [0.3, 0.4) is 0 Å². The summed E-state index contributed by atoms with van der Waals surface area (Å²) in [4.78, 5) is 27.6. The van der Waals surface area contributed by atoms with Gasteiger partial charge in [-0.2, -0.15) is 0 Å². The number of nitrogens with zero attached hydrogens (tertiary/aromatic N) is 1. The van der Waals surface area contributed by atoms with E-state index >= 15 is 0 Å². The molecule has 0 unspecified atom stereocenters. The second-order valence-corrected chi connectivity index (χ2v) is 11.2. The minimum Gasteiger partial charge on any atom is -0.493 e. The van der Waals surface area contributed by atoms with Gasteiger partial charge >= 0.3 is 6.03 Å². The van der Waals surface area contributed by atoms with Crippen molar-refractivity contribution in [3.63, 3.8) is 0 Å². The molecule has 242 valence electrons. The van der Waals surface area contributed by atoms with E-state index in [2.05, 4.69) is 27.8 Å². The molecule has 0 saturated carbocycles. The molecule has 0 radical (unpaired) electrons. The highest BCUT2D eigenvalue weighted by molar-refractivity contribution is 6.04. The summed E-state index contributed by atoms with van der Waals surface area (Å²) in [6.07, 6.45) is 6.23. The first kappa shape index (κ1) is 33.6. The number of unbranched alkanes of at least 4 members (excludes halogenated alkanes) is 1. The van der Waals surface area contributed by atoms with Gasteiger partial charge in [-0.1, -0.05) is 27.2 Å². The standard InChI is InChI=1S/C35H45FN4O5/c1-5-8-19-40-20-17-28(18-21-40)44-27-12-9-24(10-13-27)34(41)39-31-15-14-29(23-30(31)36)45-32-16-11-26(22-33(32)43-4)38-35(42)37-25(6-2)7-3/h9-16,22-23,25,28H,5-8,17-21H2,1-4H3,(H,39,41)(H2,37,38,42). The Balaban J connectivity index is 1.30. The molecule has 4 rings (SSSR count). The number of nitrogens with one attached hydrogen (secondary N) is 3. The largest absolute Gasteiger partial charge is 0.493 e. The molecule has 3 amide bonds. The lowest BCUT2D eigenvalue weighted by atomic mass is 10.1. The Hall–Kier alpha value is -4.31. The number of hydrogen-bond acceptors (Lipinski definition) is 6. The normalized spacial score (nSPS) is 13.7. The average molecular weight is 621 g/mol. The van der Waals surface area contributed by atoms with Crippen LogP contribution in [-0.4, -0.2) is 55.7 Å². The number of rotatable bonds is 14. The highest BCUT2D eigenvalue weighted by atomic mass is 19.1. The summed E-state index contributed by atoms with van der Waals surface area (Å²) >= 11 is 0. The van der Waals surface area contributed by atoms with Gasteiger partial charge in [0, 0.05) is 42.5 Å². The number of benzene rings is 3. The van der Waals surface area contributed by atoms with E-state index in [9.17, 15) is 14.0 Å². The smallest absolute Gasteiger partial charge is 0.319 e. The van der Waals surface area contributed by atoms with Crippen molar-refractivity contribution >= 4 is 23.3 Å². The van der Waals surface area contributed by atoms with E-state index < -0.39 is 11.7 Å². The van der Waals surface area contributed by atoms with Crippen LogP contribution in [0.1, 0.15) is 69.7 Å². The number of urea groups is 1. The van der Waals surface area contributed by atoms with Crippen LogP contribution in [0.15, 0.2) is 60.7 Å². The van der Waals surface area contributed by atoms with Crippen molar-refractivity contribution in [3.8, 4) is 23.0 Å². The molecule has 0 aliphatic carbocycles. The predicted molar refractivity (Wildman–Crippen MR) is 175 cm³/mol. The summed E-state index contributed by atoms with van der Waals surface area (Å²) in [5, 5.41) is 8.33. The lowest BCUT2D eigenvalue weighted by Crippen LogP contribution is -2.38. The molecule has 3 aromatic rings. The van der Waals surface area contributed by atoms with E-state index in [4.69, 9.17) is 14.2 Å². The maximum atomic E-state index is 15.0. The van der Waals surface area contributed by atoms with Gasteiger partial charge < -0.3 is 35.1 Å². The first-order chi connectivity index (χ1) is 21.8. The van der Waals surface area contributed by atoms with Gasteiger partial charge in [0.2, 0.25) is 0 Å². The average Bonchev–Trinajstić information content (AvgIpc) is 3.05. The van der Waals surface area contributed by atoms with Gasteiger partial charge in [0.1, 0.15) is 23.4 Å². The first-order valence-electron chi connectivity index (χ1n) is 15.8. The maximum absolute atomic E-state index is 15.0. The van der Waals surface area contributed by atoms with Crippen LogP contribution in [0, 0.1) is 5.82 Å². The van der Waals surface area contributed by atoms with Gasteiger partial charge in [0.05, 0.1) is 12.8 Å². The molecular weight excluding hydrogens is 575 g/mol. The van der Waals surface area contributed by atoms with E-state index in [0.29, 0.717) is 22.7 Å². The van der Waals surface area contributed by atoms with Gasteiger partial charge in [-0.05, 0) is 87.2 Å². The Morgan fingerprint density at radius 1 is 0.911 bits per heavy atom. The molecule has 0 aromatic heterocycles. The zero-order chi connectivity index (χ0) is 32.2. The number of carbonyl (C=O) groups excluding carboxylic acids is 2. The molecule has 3 aromatic carbocycles. The van der Waals surface area contributed by atoms with E-state index in [1.54, 1.807) is 48.5 Å². The van der Waals surface area contributed by atoms with E-state index in [0.717, 1.165) is 51.1 Å². The third kappa shape index (κ3) is 9.84. The number of hydrogen-bond donors (Lipinski definition) is 3. The third-order valence-electron chi connectivity index (χ3n) is 7.94. The number of likely N-dealkylation sites (tertiary alicyclic amines) is 1. The van der Waals surface area contributed by atoms with Gasteiger partial charge in [0.25, 0.3) is 5.91 Å². The lowest BCUT2D eigenvalue weighted by Gasteiger charge is -2.32. The summed E-state index contributed by atoms with van der Waals surface area (Å²) < 4.78 is 32.4. The van der Waals surface area contributed by atoms with Crippen LogP contribution in [-0.2, 0) is 0 Å². The van der Waals surface area contributed by atoms with Crippen LogP contribution in [0.5, 0.6) is 23.0 Å². The summed E-state index contributed by atoms with van der Waals surface area (Å²) in [5.41, 5.74) is 0.940. The van der Waals surface area contributed by atoms with Crippen molar-refractivity contribution in [1.29, 1.82) is 0 Å². The number of amides is 3. The van der Waals surface area contributed by atoms with Gasteiger partial charge in [0.15, 0.2) is 11.5 Å². The van der Waals surface area contributed by atoms with E-state index in [1.165, 1.54) is 32.1 Å². The van der Waals surface area contributed by atoms with Gasteiger partial charge in [-0.3, -0.25) is 4.79 Å². The van der Waals surface area contributed by atoms with Crippen LogP contribution >= 0.6 is 0 Å². The first-order valence-corrected chi connectivity index (χ1v) is 15.8. The number of carbonyl (C=O) groups is 2. The van der Waals surface area contributed by atoms with Crippen LogP contribution in [0.4, 0.5) is 20.6 Å². The maximum Gasteiger partial charge on any atom is 0.319 e. The molecule has 0 atom stereocenters. The molecule has 0 spiro atoms. The Morgan fingerprint density at radius 2 is 1.62 bits per heavy atom. The van der Waals surface area contributed by atoms with Crippen molar-refractivity contribution in [2.24, 2.45) is 0 Å². The van der Waals surface area contributed by atoms with Crippen LogP contribution in [0.2, 0.25) is 0 Å². The third-order valence-corrected chi connectivity index (χ3v) is 7.94. The SMILES string of the molecule is CCCCN1CCC(Oc2ccc(C(=O)Nc3ccc(Oc4ccc(NC(=O)NC(CC)CC)cc4OC)cc3F)cc2)CC1. The second-order valence-electron chi connectivity index (χ2n) is 11.2. The van der Waals surface area contributed by atoms with Crippen molar-refractivity contribution < 1.29 is 28.2 Å². The number of anilines is 2. The Bertz CT molecular complexity index is 1410.